The van der Waals surface area contributed by atoms with E-state index in [1.807, 2.05) is 16.3 Å². The van der Waals surface area contributed by atoms with Crippen LogP contribution in [0.15, 0.2) is 15.9 Å². The van der Waals surface area contributed by atoms with Gasteiger partial charge >= 0.3 is 0 Å². The number of nitrogens with two attached hydrogens (primary N) is 1. The Bertz CT molecular complexity index is 416. The minimum Gasteiger partial charge on any atom is -0.331 e. The number of carbonyl (C=O) groups excluding carboxylic acids is 1. The van der Waals surface area contributed by atoms with Gasteiger partial charge in [0.1, 0.15) is 0 Å². The third-order valence-electron chi connectivity index (χ3n) is 2.93. The highest BCUT2D eigenvalue weighted by Gasteiger charge is 2.40. The van der Waals surface area contributed by atoms with Crippen molar-refractivity contribution in [3.63, 3.8) is 0 Å². The van der Waals surface area contributed by atoms with Crippen LogP contribution in [0.5, 0.6) is 0 Å². The Balaban J connectivity index is 2.22. The lowest BCUT2D eigenvalue weighted by Crippen LogP contribution is -2.42. The van der Waals surface area contributed by atoms with E-state index >= 15 is 0 Å². The molecular formula is C11H15BrN2OS. The van der Waals surface area contributed by atoms with E-state index in [0.717, 1.165) is 15.8 Å². The van der Waals surface area contributed by atoms with Crippen molar-refractivity contribution in [1.82, 2.24) is 4.90 Å². The maximum Gasteiger partial charge on any atom is 0.264 e. The Morgan fingerprint density at radius 1 is 1.69 bits per heavy atom. The molecule has 0 bridgehead atoms. The summed E-state index contributed by atoms with van der Waals surface area (Å²) in [5.41, 5.74) is 5.79. The third kappa shape index (κ3) is 2.17. The normalized spacial score (nSPS) is 23.8. The number of nitrogens with zero attached hydrogens (tertiary/aromatic N) is 1. The number of rotatable bonds is 1. The molecule has 0 aliphatic carbocycles. The van der Waals surface area contributed by atoms with Crippen molar-refractivity contribution >= 4 is 33.2 Å². The van der Waals surface area contributed by atoms with Gasteiger partial charge in [-0.05, 0) is 42.3 Å². The SMILES string of the molecule is CC1(C)CC(N)CN1C(=O)c1cc(Br)cs1. The molecule has 5 heteroatoms. The van der Waals surface area contributed by atoms with E-state index in [4.69, 9.17) is 5.73 Å². The monoisotopic (exact) mass is 302 g/mol. The quantitative estimate of drug-likeness (QED) is 0.866. The molecule has 16 heavy (non-hydrogen) atoms. The Labute approximate surface area is 108 Å². The van der Waals surface area contributed by atoms with Gasteiger partial charge in [-0.1, -0.05) is 0 Å². The molecule has 0 radical (unpaired) electrons. The van der Waals surface area contributed by atoms with E-state index in [2.05, 4.69) is 29.8 Å². The molecule has 3 nitrogen and oxygen atoms in total. The van der Waals surface area contributed by atoms with Gasteiger partial charge in [0.05, 0.1) is 4.88 Å². The van der Waals surface area contributed by atoms with Gasteiger partial charge in [-0.25, -0.2) is 0 Å². The van der Waals surface area contributed by atoms with Gasteiger partial charge in [0.2, 0.25) is 0 Å². The third-order valence-corrected chi connectivity index (χ3v) is 4.61. The number of likely N-dealkylation sites (tertiary alicyclic amines) is 1. The second-order valence-corrected chi connectivity index (χ2v) is 6.65. The minimum atomic E-state index is -0.132. The van der Waals surface area contributed by atoms with Gasteiger partial charge in [0.25, 0.3) is 5.91 Å². The highest BCUT2D eigenvalue weighted by atomic mass is 79.9. The van der Waals surface area contributed by atoms with E-state index in [-0.39, 0.29) is 17.5 Å². The highest BCUT2D eigenvalue weighted by molar-refractivity contribution is 9.10. The maximum atomic E-state index is 12.3. The molecule has 1 fully saturated rings. The van der Waals surface area contributed by atoms with Crippen molar-refractivity contribution in [2.75, 3.05) is 6.54 Å². The van der Waals surface area contributed by atoms with E-state index in [0.29, 0.717) is 6.54 Å². The van der Waals surface area contributed by atoms with Crippen LogP contribution < -0.4 is 5.73 Å². The Morgan fingerprint density at radius 2 is 2.38 bits per heavy atom. The van der Waals surface area contributed by atoms with Gasteiger partial charge in [0.15, 0.2) is 0 Å². The average Bonchev–Trinajstić information content (AvgIpc) is 2.69. The van der Waals surface area contributed by atoms with Crippen LogP contribution in [0, 0.1) is 0 Å². The van der Waals surface area contributed by atoms with E-state index in [1.165, 1.54) is 11.3 Å². The number of carbonyl (C=O) groups is 1. The smallest absolute Gasteiger partial charge is 0.264 e. The molecule has 1 aromatic heterocycles. The molecule has 1 saturated heterocycles. The molecule has 2 N–H and O–H groups in total. The van der Waals surface area contributed by atoms with Gasteiger partial charge in [-0.2, -0.15) is 0 Å². The van der Waals surface area contributed by atoms with Crippen molar-refractivity contribution in [2.24, 2.45) is 5.73 Å². The molecular weight excluding hydrogens is 288 g/mol. The number of hydrogen-bond acceptors (Lipinski definition) is 3. The zero-order valence-corrected chi connectivity index (χ0v) is 11.8. The molecule has 1 aromatic rings. The average molecular weight is 303 g/mol. The van der Waals surface area contributed by atoms with Crippen LogP contribution in [-0.2, 0) is 0 Å². The summed E-state index contributed by atoms with van der Waals surface area (Å²) in [6, 6.07) is 1.97. The van der Waals surface area contributed by atoms with Crippen LogP contribution in [0.3, 0.4) is 0 Å². The summed E-state index contributed by atoms with van der Waals surface area (Å²) in [5, 5.41) is 1.93. The summed E-state index contributed by atoms with van der Waals surface area (Å²) in [6.45, 7) is 4.79. The van der Waals surface area contributed by atoms with Crippen LogP contribution in [-0.4, -0.2) is 28.9 Å². The zero-order valence-electron chi connectivity index (χ0n) is 9.37. The number of halogens is 1. The summed E-state index contributed by atoms with van der Waals surface area (Å²) < 4.78 is 0.960. The van der Waals surface area contributed by atoms with Crippen LogP contribution in [0.2, 0.25) is 0 Å². The van der Waals surface area contributed by atoms with Crippen LogP contribution in [0.25, 0.3) is 0 Å². The van der Waals surface area contributed by atoms with Gasteiger partial charge in [-0.3, -0.25) is 4.79 Å². The molecule has 1 aliphatic heterocycles. The lowest BCUT2D eigenvalue weighted by atomic mass is 10.0. The second-order valence-electron chi connectivity index (χ2n) is 4.82. The first-order valence-electron chi connectivity index (χ1n) is 5.22. The van der Waals surface area contributed by atoms with Crippen LogP contribution >= 0.6 is 27.3 Å². The fraction of sp³-hybridized carbons (Fsp3) is 0.545. The first kappa shape index (κ1) is 12.1. The predicted molar refractivity (Wildman–Crippen MR) is 69.7 cm³/mol. The summed E-state index contributed by atoms with van der Waals surface area (Å²) in [7, 11) is 0. The summed E-state index contributed by atoms with van der Waals surface area (Å²) in [4.78, 5) is 14.9. The molecule has 1 amide bonds. The number of amides is 1. The number of thiophene rings is 1. The fourth-order valence-corrected chi connectivity index (χ4v) is 3.59. The first-order chi connectivity index (χ1) is 7.40. The molecule has 0 spiro atoms. The molecule has 1 atom stereocenters. The highest BCUT2D eigenvalue weighted by Crippen LogP contribution is 2.31. The minimum absolute atomic E-state index is 0.0913. The van der Waals surface area contributed by atoms with Crippen molar-refractivity contribution in [3.8, 4) is 0 Å². The van der Waals surface area contributed by atoms with E-state index in [9.17, 15) is 4.79 Å². The van der Waals surface area contributed by atoms with Crippen molar-refractivity contribution < 1.29 is 4.79 Å². The van der Waals surface area contributed by atoms with Crippen molar-refractivity contribution in [3.05, 3.63) is 20.8 Å². The van der Waals surface area contributed by atoms with Crippen molar-refractivity contribution in [2.45, 2.75) is 31.8 Å². The lowest BCUT2D eigenvalue weighted by Gasteiger charge is -2.30. The summed E-state index contributed by atoms with van der Waals surface area (Å²) in [6.07, 6.45) is 0.866. The molecule has 0 aromatic carbocycles. The van der Waals surface area contributed by atoms with Crippen LogP contribution in [0.1, 0.15) is 29.9 Å². The standard InChI is InChI=1S/C11H15BrN2OS/c1-11(2)4-8(13)5-14(11)10(15)9-3-7(12)6-16-9/h3,6,8H,4-5,13H2,1-2H3. The molecule has 88 valence electrons. The van der Waals surface area contributed by atoms with E-state index < -0.39 is 0 Å². The lowest BCUT2D eigenvalue weighted by molar-refractivity contribution is 0.0656. The van der Waals surface area contributed by atoms with Crippen molar-refractivity contribution in [1.29, 1.82) is 0 Å². The van der Waals surface area contributed by atoms with Gasteiger partial charge in [0, 0.05) is 28.0 Å². The maximum absolute atomic E-state index is 12.3. The topological polar surface area (TPSA) is 46.3 Å². The largest absolute Gasteiger partial charge is 0.331 e. The Morgan fingerprint density at radius 3 is 2.81 bits per heavy atom. The first-order valence-corrected chi connectivity index (χ1v) is 6.89. The number of hydrogen-bond donors (Lipinski definition) is 1. The summed E-state index contributed by atoms with van der Waals surface area (Å²) >= 11 is 4.83. The van der Waals surface area contributed by atoms with Gasteiger partial charge in [-0.15, -0.1) is 11.3 Å². The fourth-order valence-electron chi connectivity index (χ4n) is 2.21. The van der Waals surface area contributed by atoms with Crippen LogP contribution in [0.4, 0.5) is 0 Å². The molecule has 1 aliphatic rings. The molecule has 1 unspecified atom stereocenters. The second kappa shape index (κ2) is 4.13. The van der Waals surface area contributed by atoms with E-state index in [1.54, 1.807) is 0 Å². The zero-order chi connectivity index (χ0) is 11.9. The predicted octanol–water partition coefficient (Wildman–Crippen LogP) is 2.46. The molecule has 0 saturated carbocycles. The summed E-state index contributed by atoms with van der Waals surface area (Å²) in [5.74, 6) is 0.0913. The molecule has 2 rings (SSSR count). The molecule has 2 heterocycles. The Hall–Kier alpha value is -0.390. The Kier molecular flexibility index (Phi) is 3.11. The van der Waals surface area contributed by atoms with Gasteiger partial charge < -0.3 is 10.6 Å².